The van der Waals surface area contributed by atoms with Crippen LogP contribution in [0.2, 0.25) is 0 Å². The molecule has 2 amide bonds. The number of carbonyl (C=O) groups excluding carboxylic acids is 2. The summed E-state index contributed by atoms with van der Waals surface area (Å²) in [6, 6.07) is 3.29. The summed E-state index contributed by atoms with van der Waals surface area (Å²) >= 11 is 0. The van der Waals surface area contributed by atoms with Gasteiger partial charge in [-0.15, -0.1) is 0 Å². The fourth-order valence-electron chi connectivity index (χ4n) is 4.49. The second-order valence-electron chi connectivity index (χ2n) is 8.15. The molecule has 2 saturated heterocycles. The molecule has 3 aliphatic rings. The lowest BCUT2D eigenvalue weighted by Gasteiger charge is -2.45. The van der Waals surface area contributed by atoms with Gasteiger partial charge in [-0.1, -0.05) is 0 Å². The highest BCUT2D eigenvalue weighted by Gasteiger charge is 2.53. The van der Waals surface area contributed by atoms with Crippen LogP contribution in [0, 0.1) is 23.5 Å². The third-order valence-corrected chi connectivity index (χ3v) is 6.19. The summed E-state index contributed by atoms with van der Waals surface area (Å²) in [4.78, 5) is 25.8. The number of cyclic esters (lactones) is 1. The first-order valence-electron chi connectivity index (χ1n) is 9.71. The number of piperidine rings is 1. The average molecular weight is 394 g/mol. The number of ether oxygens (including phenoxy) is 2. The number of nitrogens with one attached hydrogen (secondary N) is 1. The number of amides is 2. The Morgan fingerprint density at radius 3 is 2.64 bits per heavy atom. The van der Waals surface area contributed by atoms with Crippen LogP contribution >= 0.6 is 0 Å². The molecule has 0 radical (unpaired) electrons. The third-order valence-electron chi connectivity index (χ3n) is 6.19. The molecule has 1 N–H and O–H groups in total. The van der Waals surface area contributed by atoms with Crippen molar-refractivity contribution in [3.05, 3.63) is 29.8 Å². The van der Waals surface area contributed by atoms with E-state index in [0.717, 1.165) is 18.9 Å². The van der Waals surface area contributed by atoms with Crippen LogP contribution in [0.1, 0.15) is 32.6 Å². The lowest BCUT2D eigenvalue weighted by Crippen LogP contribution is -2.58. The number of alkyl carbamates (subject to hydrolysis) is 1. The Kier molecular flexibility index (Phi) is 4.89. The predicted molar refractivity (Wildman–Crippen MR) is 95.7 cm³/mol. The van der Waals surface area contributed by atoms with Gasteiger partial charge in [-0.2, -0.15) is 0 Å². The summed E-state index contributed by atoms with van der Waals surface area (Å²) in [6.07, 6.45) is 2.16. The minimum Gasteiger partial charge on any atom is -0.487 e. The lowest BCUT2D eigenvalue weighted by atomic mass is 9.68. The minimum atomic E-state index is -0.707. The van der Waals surface area contributed by atoms with E-state index in [4.69, 9.17) is 9.47 Å². The van der Waals surface area contributed by atoms with E-state index < -0.39 is 17.7 Å². The third kappa shape index (κ3) is 3.64. The summed E-state index contributed by atoms with van der Waals surface area (Å²) in [5.41, 5.74) is -0.350. The zero-order valence-corrected chi connectivity index (χ0v) is 15.7. The van der Waals surface area contributed by atoms with Gasteiger partial charge < -0.3 is 19.7 Å². The molecule has 1 aliphatic carbocycles. The second-order valence-corrected chi connectivity index (χ2v) is 8.15. The van der Waals surface area contributed by atoms with Gasteiger partial charge in [0.1, 0.15) is 12.4 Å². The first-order chi connectivity index (χ1) is 13.3. The quantitative estimate of drug-likeness (QED) is 0.853. The van der Waals surface area contributed by atoms with Gasteiger partial charge in [0.15, 0.2) is 11.6 Å². The smallest absolute Gasteiger partial charge is 0.407 e. The van der Waals surface area contributed by atoms with E-state index in [9.17, 15) is 18.4 Å². The van der Waals surface area contributed by atoms with Crippen LogP contribution in [0.3, 0.4) is 0 Å². The molecule has 0 aromatic heterocycles. The largest absolute Gasteiger partial charge is 0.487 e. The van der Waals surface area contributed by atoms with Crippen molar-refractivity contribution < 1.29 is 27.8 Å². The summed E-state index contributed by atoms with van der Waals surface area (Å²) in [5, 5.41) is 2.81. The Labute approximate surface area is 162 Å². The van der Waals surface area contributed by atoms with E-state index in [1.54, 1.807) is 0 Å². The van der Waals surface area contributed by atoms with Crippen LogP contribution in [0.4, 0.5) is 13.6 Å². The number of halogens is 2. The van der Waals surface area contributed by atoms with E-state index in [0.29, 0.717) is 32.5 Å². The number of carbonyl (C=O) groups is 2. The first-order valence-corrected chi connectivity index (χ1v) is 9.71. The Bertz CT molecular complexity index is 773. The van der Waals surface area contributed by atoms with E-state index in [-0.39, 0.29) is 35.1 Å². The van der Waals surface area contributed by atoms with Crippen molar-refractivity contribution >= 4 is 12.0 Å². The van der Waals surface area contributed by atoms with Gasteiger partial charge in [0.2, 0.25) is 5.91 Å². The molecule has 1 aromatic rings. The molecule has 3 fully saturated rings. The molecule has 6 nitrogen and oxygen atoms in total. The highest BCUT2D eigenvalue weighted by Crippen LogP contribution is 2.42. The minimum absolute atomic E-state index is 0.0491. The van der Waals surface area contributed by atoms with Gasteiger partial charge in [-0.05, 0) is 50.7 Å². The van der Waals surface area contributed by atoms with Crippen LogP contribution in [0.25, 0.3) is 0 Å². The van der Waals surface area contributed by atoms with Gasteiger partial charge >= 0.3 is 6.09 Å². The van der Waals surface area contributed by atoms with Gasteiger partial charge in [0.25, 0.3) is 0 Å². The predicted octanol–water partition coefficient (Wildman–Crippen LogP) is 2.86. The molecule has 8 heteroatoms. The molecule has 1 spiro atoms. The van der Waals surface area contributed by atoms with Crippen molar-refractivity contribution in [3.63, 3.8) is 0 Å². The molecule has 28 heavy (non-hydrogen) atoms. The topological polar surface area (TPSA) is 67.9 Å². The summed E-state index contributed by atoms with van der Waals surface area (Å²) in [7, 11) is 0. The van der Waals surface area contributed by atoms with Gasteiger partial charge in [0.05, 0.1) is 11.6 Å². The maximum absolute atomic E-state index is 13.8. The molecule has 4 rings (SSSR count). The van der Waals surface area contributed by atoms with Crippen LogP contribution in [-0.4, -0.2) is 48.2 Å². The molecule has 2 aliphatic heterocycles. The Balaban J connectivity index is 1.25. The zero-order valence-electron chi connectivity index (χ0n) is 15.7. The monoisotopic (exact) mass is 394 g/mol. The average Bonchev–Trinajstić information content (AvgIpc) is 3.04. The standard InChI is InChI=1S/C20H24F2N2O4/c1-12(28-17-3-2-15(21)8-16(17)22)13-4-6-24(7-5-13)18(25)14-9-20(10-14)11-27-19(26)23-20/h2-3,8,12-14H,4-7,9-11H2,1H3,(H,23,26)/t12?,14-,20-. The van der Waals surface area contributed by atoms with Crippen molar-refractivity contribution in [3.8, 4) is 5.75 Å². The highest BCUT2D eigenvalue weighted by atomic mass is 19.1. The Morgan fingerprint density at radius 2 is 2.04 bits per heavy atom. The highest BCUT2D eigenvalue weighted by molar-refractivity contribution is 5.81. The normalized spacial score (nSPS) is 28.5. The molecule has 1 atom stereocenters. The molecule has 1 aromatic carbocycles. The molecular weight excluding hydrogens is 370 g/mol. The molecule has 1 unspecified atom stereocenters. The SMILES string of the molecule is CC(Oc1ccc(F)cc1F)C1CCN(C(=O)[C@H]2C[C@@]3(COC(=O)N3)C2)CC1. The van der Waals surface area contributed by atoms with E-state index in [1.165, 1.54) is 12.1 Å². The maximum atomic E-state index is 13.8. The maximum Gasteiger partial charge on any atom is 0.407 e. The molecular formula is C20H24F2N2O4. The number of nitrogens with zero attached hydrogens (tertiary/aromatic N) is 1. The van der Waals surface area contributed by atoms with Crippen LogP contribution in [-0.2, 0) is 9.53 Å². The summed E-state index contributed by atoms with van der Waals surface area (Å²) in [5.74, 6) is -1.03. The molecule has 152 valence electrons. The number of likely N-dealkylation sites (tertiary alicyclic amines) is 1. The fourth-order valence-corrected chi connectivity index (χ4v) is 4.49. The van der Waals surface area contributed by atoms with E-state index in [1.807, 2.05) is 11.8 Å². The van der Waals surface area contributed by atoms with Crippen LogP contribution < -0.4 is 10.1 Å². The molecule has 0 bridgehead atoms. The zero-order chi connectivity index (χ0) is 19.9. The lowest BCUT2D eigenvalue weighted by molar-refractivity contribution is -0.143. The van der Waals surface area contributed by atoms with Crippen LogP contribution in [0.5, 0.6) is 5.75 Å². The molecule has 2 heterocycles. The van der Waals surface area contributed by atoms with Crippen LogP contribution in [0.15, 0.2) is 18.2 Å². The van der Waals surface area contributed by atoms with Crippen molar-refractivity contribution in [1.29, 1.82) is 0 Å². The van der Waals surface area contributed by atoms with Gasteiger partial charge in [-0.25, -0.2) is 13.6 Å². The van der Waals surface area contributed by atoms with Crippen molar-refractivity contribution in [2.24, 2.45) is 11.8 Å². The Hall–Kier alpha value is -2.38. The van der Waals surface area contributed by atoms with Crippen molar-refractivity contribution in [2.75, 3.05) is 19.7 Å². The summed E-state index contributed by atoms with van der Waals surface area (Å²) in [6.45, 7) is 3.49. The first kappa shape index (κ1) is 19.0. The number of rotatable bonds is 4. The van der Waals surface area contributed by atoms with Crippen molar-refractivity contribution in [2.45, 2.75) is 44.2 Å². The van der Waals surface area contributed by atoms with Crippen molar-refractivity contribution in [1.82, 2.24) is 10.2 Å². The fraction of sp³-hybridized carbons (Fsp3) is 0.600. The number of hydrogen-bond acceptors (Lipinski definition) is 4. The Morgan fingerprint density at radius 1 is 1.32 bits per heavy atom. The summed E-state index contributed by atoms with van der Waals surface area (Å²) < 4.78 is 37.4. The molecule has 1 saturated carbocycles. The number of hydrogen-bond donors (Lipinski definition) is 1. The van der Waals surface area contributed by atoms with E-state index in [2.05, 4.69) is 5.32 Å². The number of benzene rings is 1. The van der Waals surface area contributed by atoms with E-state index >= 15 is 0 Å². The van der Waals surface area contributed by atoms with Gasteiger partial charge in [0, 0.05) is 25.1 Å². The van der Waals surface area contributed by atoms with Gasteiger partial charge in [-0.3, -0.25) is 4.79 Å². The second kappa shape index (κ2) is 7.22.